The summed E-state index contributed by atoms with van der Waals surface area (Å²) in [4.78, 5) is 24.7. The molecular weight excluding hydrogens is 317 g/mol. The van der Waals surface area contributed by atoms with E-state index >= 15 is 0 Å². The van der Waals surface area contributed by atoms with Crippen LogP contribution in [0.3, 0.4) is 0 Å². The zero-order valence-electron chi connectivity index (χ0n) is 11.2. The van der Waals surface area contributed by atoms with Gasteiger partial charge in [-0.2, -0.15) is 0 Å². The summed E-state index contributed by atoms with van der Waals surface area (Å²) in [6.45, 7) is 0.204. The van der Waals surface area contributed by atoms with Gasteiger partial charge < -0.3 is 14.7 Å². The summed E-state index contributed by atoms with van der Waals surface area (Å²) >= 11 is 11.7. The van der Waals surface area contributed by atoms with Gasteiger partial charge in [-0.25, -0.2) is 4.79 Å². The molecule has 1 heterocycles. The summed E-state index contributed by atoms with van der Waals surface area (Å²) in [5.41, 5.74) is 0. The van der Waals surface area contributed by atoms with E-state index in [1.54, 1.807) is 18.2 Å². The average molecular weight is 332 g/mol. The first-order valence-electron chi connectivity index (χ1n) is 6.58. The summed E-state index contributed by atoms with van der Waals surface area (Å²) in [5, 5.41) is 9.96. The average Bonchev–Trinajstić information content (AvgIpc) is 2.43. The number of rotatable bonds is 4. The van der Waals surface area contributed by atoms with Crippen molar-refractivity contribution in [2.24, 2.45) is 0 Å². The van der Waals surface area contributed by atoms with Crippen molar-refractivity contribution in [3.05, 3.63) is 28.2 Å². The van der Waals surface area contributed by atoms with Crippen molar-refractivity contribution in [1.82, 2.24) is 4.90 Å². The molecular formula is C14H15Cl2NO4. The number of benzene rings is 1. The van der Waals surface area contributed by atoms with Gasteiger partial charge in [0.15, 0.2) is 6.61 Å². The Balaban J connectivity index is 1.98. The molecule has 7 heteroatoms. The molecule has 1 aromatic carbocycles. The topological polar surface area (TPSA) is 66.8 Å². The van der Waals surface area contributed by atoms with Gasteiger partial charge >= 0.3 is 5.97 Å². The summed E-state index contributed by atoms with van der Waals surface area (Å²) in [6, 6.07) is 3.89. The van der Waals surface area contributed by atoms with E-state index in [1.165, 1.54) is 4.90 Å². The number of aliphatic carboxylic acids is 1. The van der Waals surface area contributed by atoms with Crippen LogP contribution >= 0.6 is 23.2 Å². The standard InChI is InChI=1S/C14H15Cl2NO4/c15-9-5-10(16)7-11(6-9)21-8-13(18)17-4-2-1-3-12(17)14(19)20/h5-7,12H,1-4,8H2,(H,19,20)/t12-/m1/s1. The van der Waals surface area contributed by atoms with Crippen molar-refractivity contribution in [3.8, 4) is 5.75 Å². The predicted octanol–water partition coefficient (Wildman–Crippen LogP) is 2.84. The Morgan fingerprint density at radius 3 is 2.52 bits per heavy atom. The van der Waals surface area contributed by atoms with E-state index in [1.807, 2.05) is 0 Å². The SMILES string of the molecule is O=C(O)[C@H]1CCCCN1C(=O)COc1cc(Cl)cc(Cl)c1. The number of piperidine rings is 1. The van der Waals surface area contributed by atoms with Gasteiger partial charge in [0, 0.05) is 16.6 Å². The highest BCUT2D eigenvalue weighted by Gasteiger charge is 2.31. The molecule has 0 unspecified atom stereocenters. The molecule has 21 heavy (non-hydrogen) atoms. The van der Waals surface area contributed by atoms with Crippen molar-refractivity contribution < 1.29 is 19.4 Å². The molecule has 1 aliphatic heterocycles. The molecule has 5 nitrogen and oxygen atoms in total. The van der Waals surface area contributed by atoms with Gasteiger partial charge in [0.2, 0.25) is 0 Å². The Morgan fingerprint density at radius 1 is 1.24 bits per heavy atom. The molecule has 0 aliphatic carbocycles. The molecule has 1 fully saturated rings. The first kappa shape index (κ1) is 15.9. The number of ether oxygens (including phenoxy) is 1. The monoisotopic (exact) mass is 331 g/mol. The minimum atomic E-state index is -0.978. The first-order chi connectivity index (χ1) is 9.97. The molecule has 2 rings (SSSR count). The summed E-state index contributed by atoms with van der Waals surface area (Å²) in [5.74, 6) is -0.947. The third kappa shape index (κ3) is 4.25. The zero-order chi connectivity index (χ0) is 15.4. The number of hydrogen-bond donors (Lipinski definition) is 1. The maximum absolute atomic E-state index is 12.1. The van der Waals surface area contributed by atoms with Crippen LogP contribution in [-0.2, 0) is 9.59 Å². The molecule has 1 amide bonds. The number of nitrogens with zero attached hydrogens (tertiary/aromatic N) is 1. The third-order valence-corrected chi connectivity index (χ3v) is 3.74. The number of amides is 1. The van der Waals surface area contributed by atoms with Gasteiger partial charge in [0.1, 0.15) is 11.8 Å². The van der Waals surface area contributed by atoms with E-state index in [4.69, 9.17) is 33.0 Å². The van der Waals surface area contributed by atoms with E-state index in [0.717, 1.165) is 12.8 Å². The lowest BCUT2D eigenvalue weighted by molar-refractivity contribution is -0.152. The van der Waals surface area contributed by atoms with Crippen molar-refractivity contribution in [2.45, 2.75) is 25.3 Å². The fourth-order valence-electron chi connectivity index (χ4n) is 2.33. The second-order valence-corrected chi connectivity index (χ2v) is 5.70. The van der Waals surface area contributed by atoms with Crippen LogP contribution in [-0.4, -0.2) is 41.1 Å². The number of carbonyl (C=O) groups is 2. The largest absolute Gasteiger partial charge is 0.484 e. The number of likely N-dealkylation sites (tertiary alicyclic amines) is 1. The highest BCUT2D eigenvalue weighted by Crippen LogP contribution is 2.24. The van der Waals surface area contributed by atoms with Crippen LogP contribution in [0.25, 0.3) is 0 Å². The molecule has 1 N–H and O–H groups in total. The molecule has 0 radical (unpaired) electrons. The van der Waals surface area contributed by atoms with Gasteiger partial charge in [0.25, 0.3) is 5.91 Å². The van der Waals surface area contributed by atoms with E-state index in [9.17, 15) is 9.59 Å². The molecule has 114 valence electrons. The molecule has 1 saturated heterocycles. The van der Waals surface area contributed by atoms with Gasteiger partial charge in [-0.15, -0.1) is 0 Å². The quantitative estimate of drug-likeness (QED) is 0.921. The molecule has 0 aromatic heterocycles. The van der Waals surface area contributed by atoms with Crippen molar-refractivity contribution >= 4 is 35.1 Å². The lowest BCUT2D eigenvalue weighted by Gasteiger charge is -2.32. The van der Waals surface area contributed by atoms with Crippen LogP contribution in [0.15, 0.2) is 18.2 Å². The smallest absolute Gasteiger partial charge is 0.326 e. The summed E-state index contributed by atoms with van der Waals surface area (Å²) < 4.78 is 5.36. The van der Waals surface area contributed by atoms with Gasteiger partial charge in [-0.3, -0.25) is 4.79 Å². The van der Waals surface area contributed by atoms with Crippen molar-refractivity contribution in [1.29, 1.82) is 0 Å². The molecule has 0 spiro atoms. The minimum absolute atomic E-state index is 0.236. The van der Waals surface area contributed by atoms with Crippen molar-refractivity contribution in [2.75, 3.05) is 13.2 Å². The summed E-state index contributed by atoms with van der Waals surface area (Å²) in [7, 11) is 0. The normalized spacial score (nSPS) is 18.4. The molecule has 1 aromatic rings. The number of carbonyl (C=O) groups excluding carboxylic acids is 1. The van der Waals surface area contributed by atoms with Crippen LogP contribution in [0.2, 0.25) is 10.0 Å². The van der Waals surface area contributed by atoms with Crippen LogP contribution in [0.5, 0.6) is 5.75 Å². The van der Waals surface area contributed by atoms with Crippen molar-refractivity contribution in [3.63, 3.8) is 0 Å². The number of halogens is 2. The van der Waals surface area contributed by atoms with Crippen LogP contribution in [0.4, 0.5) is 0 Å². The Kier molecular flexibility index (Phi) is 5.31. The number of hydrogen-bond acceptors (Lipinski definition) is 3. The van der Waals surface area contributed by atoms with Gasteiger partial charge in [0.05, 0.1) is 0 Å². The lowest BCUT2D eigenvalue weighted by atomic mass is 10.0. The highest BCUT2D eigenvalue weighted by atomic mass is 35.5. The van der Waals surface area contributed by atoms with E-state index < -0.39 is 12.0 Å². The maximum atomic E-state index is 12.1. The van der Waals surface area contributed by atoms with E-state index in [-0.39, 0.29) is 12.5 Å². The predicted molar refractivity (Wildman–Crippen MR) is 78.9 cm³/mol. The van der Waals surface area contributed by atoms with Gasteiger partial charge in [-0.05, 0) is 37.5 Å². The Morgan fingerprint density at radius 2 is 1.90 bits per heavy atom. The highest BCUT2D eigenvalue weighted by molar-refractivity contribution is 6.34. The maximum Gasteiger partial charge on any atom is 0.326 e. The minimum Gasteiger partial charge on any atom is -0.484 e. The summed E-state index contributed by atoms with van der Waals surface area (Å²) in [6.07, 6.45) is 2.09. The van der Waals surface area contributed by atoms with Crippen LogP contribution in [0.1, 0.15) is 19.3 Å². The Hall–Kier alpha value is -1.46. The van der Waals surface area contributed by atoms with Gasteiger partial charge in [-0.1, -0.05) is 23.2 Å². The van der Waals surface area contributed by atoms with E-state index in [2.05, 4.69) is 0 Å². The Bertz CT molecular complexity index is 530. The molecule has 1 atom stereocenters. The lowest BCUT2D eigenvalue weighted by Crippen LogP contribution is -2.49. The number of carboxylic acids is 1. The third-order valence-electron chi connectivity index (χ3n) is 3.31. The fraction of sp³-hybridized carbons (Fsp3) is 0.429. The molecule has 1 aliphatic rings. The van der Waals surface area contributed by atoms with Crippen LogP contribution in [0, 0.1) is 0 Å². The second kappa shape index (κ2) is 7.00. The zero-order valence-corrected chi connectivity index (χ0v) is 12.7. The molecule has 0 bridgehead atoms. The molecule has 0 saturated carbocycles. The van der Waals surface area contributed by atoms with Crippen LogP contribution < -0.4 is 4.74 Å². The number of carboxylic acid groups (broad SMARTS) is 1. The fourth-order valence-corrected chi connectivity index (χ4v) is 2.83. The van der Waals surface area contributed by atoms with E-state index in [0.29, 0.717) is 28.8 Å². The second-order valence-electron chi connectivity index (χ2n) is 4.83. The first-order valence-corrected chi connectivity index (χ1v) is 7.34. The Labute approximate surface area is 132 Å².